The van der Waals surface area contributed by atoms with E-state index >= 15 is 0 Å². The molecule has 106 valence electrons. The van der Waals surface area contributed by atoms with E-state index in [1.807, 2.05) is 13.8 Å². The van der Waals surface area contributed by atoms with Crippen LogP contribution in [0.15, 0.2) is 10.9 Å². The van der Waals surface area contributed by atoms with Gasteiger partial charge in [-0.2, -0.15) is 0 Å². The molecular formula is C14H24N4O. The molecule has 1 aromatic heterocycles. The van der Waals surface area contributed by atoms with Gasteiger partial charge >= 0.3 is 0 Å². The van der Waals surface area contributed by atoms with Crippen LogP contribution in [0.2, 0.25) is 0 Å². The average Bonchev–Trinajstić information content (AvgIpc) is 2.37. The fourth-order valence-corrected chi connectivity index (χ4v) is 2.36. The van der Waals surface area contributed by atoms with Crippen molar-refractivity contribution in [1.29, 1.82) is 0 Å². The van der Waals surface area contributed by atoms with Crippen LogP contribution in [-0.4, -0.2) is 41.5 Å². The smallest absolute Gasteiger partial charge is 0.252 e. The van der Waals surface area contributed by atoms with Gasteiger partial charge in [0.15, 0.2) is 0 Å². The minimum atomic E-state index is -0.0791. The minimum Gasteiger partial charge on any atom is -0.370 e. The van der Waals surface area contributed by atoms with Gasteiger partial charge in [0.25, 0.3) is 5.56 Å². The first-order valence-corrected chi connectivity index (χ1v) is 7.08. The van der Waals surface area contributed by atoms with E-state index < -0.39 is 0 Å². The van der Waals surface area contributed by atoms with E-state index in [0.29, 0.717) is 11.7 Å². The second-order valence-corrected chi connectivity index (χ2v) is 5.80. The van der Waals surface area contributed by atoms with Gasteiger partial charge in [-0.25, -0.2) is 4.98 Å². The van der Waals surface area contributed by atoms with E-state index in [1.165, 1.54) is 12.8 Å². The van der Waals surface area contributed by atoms with Gasteiger partial charge in [-0.05, 0) is 38.9 Å². The van der Waals surface area contributed by atoms with Crippen LogP contribution in [0.5, 0.6) is 0 Å². The molecule has 1 saturated heterocycles. The van der Waals surface area contributed by atoms with Crippen LogP contribution in [0.4, 0.5) is 5.82 Å². The number of aromatic amines is 1. The zero-order valence-corrected chi connectivity index (χ0v) is 12.1. The highest BCUT2D eigenvalue weighted by Gasteiger charge is 2.16. The van der Waals surface area contributed by atoms with Crippen LogP contribution < -0.4 is 10.9 Å². The molecule has 1 aliphatic rings. The summed E-state index contributed by atoms with van der Waals surface area (Å²) in [7, 11) is 2.16. The van der Waals surface area contributed by atoms with Crippen LogP contribution in [-0.2, 0) is 0 Å². The summed E-state index contributed by atoms with van der Waals surface area (Å²) in [6.45, 7) is 7.28. The van der Waals surface area contributed by atoms with Crippen molar-refractivity contribution in [3.8, 4) is 0 Å². The number of H-pyrrole nitrogens is 1. The van der Waals surface area contributed by atoms with Crippen molar-refractivity contribution in [2.24, 2.45) is 5.92 Å². The van der Waals surface area contributed by atoms with Crippen molar-refractivity contribution >= 4 is 5.82 Å². The maximum absolute atomic E-state index is 11.6. The number of likely N-dealkylation sites (tertiary alicyclic amines) is 1. The molecular weight excluding hydrogens is 240 g/mol. The van der Waals surface area contributed by atoms with E-state index in [0.717, 1.165) is 25.5 Å². The molecule has 0 bridgehead atoms. The summed E-state index contributed by atoms with van der Waals surface area (Å²) in [5.74, 6) is 2.36. The quantitative estimate of drug-likeness (QED) is 0.868. The van der Waals surface area contributed by atoms with Gasteiger partial charge in [0.05, 0.1) is 0 Å². The van der Waals surface area contributed by atoms with Crippen molar-refractivity contribution in [3.05, 3.63) is 22.2 Å². The summed E-state index contributed by atoms with van der Waals surface area (Å²) in [6.07, 6.45) is 2.42. The number of hydrogen-bond acceptors (Lipinski definition) is 4. The zero-order chi connectivity index (χ0) is 13.8. The molecule has 0 spiro atoms. The Hall–Kier alpha value is -1.36. The Kier molecular flexibility index (Phi) is 4.58. The fourth-order valence-electron chi connectivity index (χ4n) is 2.36. The molecule has 0 saturated carbocycles. The molecule has 0 amide bonds. The Morgan fingerprint density at radius 3 is 2.79 bits per heavy atom. The normalized spacial score (nSPS) is 17.9. The van der Waals surface area contributed by atoms with Crippen molar-refractivity contribution in [2.75, 3.05) is 32.0 Å². The van der Waals surface area contributed by atoms with Crippen LogP contribution in [0.25, 0.3) is 0 Å². The maximum atomic E-state index is 11.6. The van der Waals surface area contributed by atoms with E-state index in [2.05, 4.69) is 27.2 Å². The maximum Gasteiger partial charge on any atom is 0.252 e. The lowest BCUT2D eigenvalue weighted by molar-refractivity contribution is 0.226. The summed E-state index contributed by atoms with van der Waals surface area (Å²) in [4.78, 5) is 21.2. The van der Waals surface area contributed by atoms with Crippen molar-refractivity contribution in [2.45, 2.75) is 32.6 Å². The van der Waals surface area contributed by atoms with Gasteiger partial charge in [-0.3, -0.25) is 4.79 Å². The van der Waals surface area contributed by atoms with Gasteiger partial charge in [-0.1, -0.05) is 13.8 Å². The Morgan fingerprint density at radius 2 is 2.16 bits per heavy atom. The summed E-state index contributed by atoms with van der Waals surface area (Å²) >= 11 is 0. The van der Waals surface area contributed by atoms with Gasteiger partial charge < -0.3 is 15.2 Å². The van der Waals surface area contributed by atoms with Gasteiger partial charge in [0.1, 0.15) is 11.6 Å². The van der Waals surface area contributed by atoms with Crippen molar-refractivity contribution in [3.63, 3.8) is 0 Å². The average molecular weight is 264 g/mol. The largest absolute Gasteiger partial charge is 0.370 e. The lowest BCUT2D eigenvalue weighted by Crippen LogP contribution is -2.33. The molecule has 1 aromatic rings. The molecule has 5 nitrogen and oxygen atoms in total. The summed E-state index contributed by atoms with van der Waals surface area (Å²) < 4.78 is 0. The molecule has 0 atom stereocenters. The molecule has 2 heterocycles. The van der Waals surface area contributed by atoms with Crippen LogP contribution in [0.1, 0.15) is 38.4 Å². The van der Waals surface area contributed by atoms with Crippen molar-refractivity contribution in [1.82, 2.24) is 14.9 Å². The number of aromatic nitrogens is 2. The van der Waals surface area contributed by atoms with Crippen LogP contribution >= 0.6 is 0 Å². The summed E-state index contributed by atoms with van der Waals surface area (Å²) in [5, 5.41) is 3.32. The molecule has 1 aliphatic heterocycles. The highest BCUT2D eigenvalue weighted by Crippen LogP contribution is 2.16. The Labute approximate surface area is 114 Å². The lowest BCUT2D eigenvalue weighted by Gasteiger charge is -2.29. The monoisotopic (exact) mass is 264 g/mol. The number of hydrogen-bond donors (Lipinski definition) is 2. The second kappa shape index (κ2) is 6.19. The lowest BCUT2D eigenvalue weighted by atomic mass is 9.97. The van der Waals surface area contributed by atoms with Crippen molar-refractivity contribution < 1.29 is 0 Å². The highest BCUT2D eigenvalue weighted by molar-refractivity contribution is 5.33. The van der Waals surface area contributed by atoms with Crippen LogP contribution in [0.3, 0.4) is 0 Å². The van der Waals surface area contributed by atoms with E-state index in [9.17, 15) is 4.79 Å². The molecule has 0 aliphatic carbocycles. The van der Waals surface area contributed by atoms with Gasteiger partial charge in [0.2, 0.25) is 0 Å². The van der Waals surface area contributed by atoms with Gasteiger partial charge in [-0.15, -0.1) is 0 Å². The topological polar surface area (TPSA) is 61.0 Å². The molecule has 19 heavy (non-hydrogen) atoms. The number of nitrogens with zero attached hydrogens (tertiary/aromatic N) is 2. The first-order chi connectivity index (χ1) is 9.04. The number of rotatable bonds is 4. The standard InChI is InChI=1S/C14H24N4O/c1-10(2)14-16-12(8-13(19)17-14)15-9-11-4-6-18(3)7-5-11/h8,10-11H,4-7,9H2,1-3H3,(H2,15,16,17,19). The Balaban J connectivity index is 1.94. The molecule has 0 unspecified atom stereocenters. The number of anilines is 1. The zero-order valence-electron chi connectivity index (χ0n) is 12.1. The van der Waals surface area contributed by atoms with E-state index in [1.54, 1.807) is 6.07 Å². The SMILES string of the molecule is CC(C)c1nc(NCC2CCN(C)CC2)cc(=O)[nH]1. The Bertz CT molecular complexity index is 461. The summed E-state index contributed by atoms with van der Waals surface area (Å²) in [6, 6.07) is 1.54. The number of nitrogens with one attached hydrogen (secondary N) is 2. The highest BCUT2D eigenvalue weighted by atomic mass is 16.1. The number of piperidine rings is 1. The summed E-state index contributed by atoms with van der Waals surface area (Å²) in [5.41, 5.74) is -0.0791. The molecule has 5 heteroatoms. The predicted molar refractivity (Wildman–Crippen MR) is 77.7 cm³/mol. The van der Waals surface area contributed by atoms with Crippen LogP contribution in [0, 0.1) is 5.92 Å². The first-order valence-electron chi connectivity index (χ1n) is 7.08. The Morgan fingerprint density at radius 1 is 1.47 bits per heavy atom. The van der Waals surface area contributed by atoms with E-state index in [4.69, 9.17) is 0 Å². The minimum absolute atomic E-state index is 0.0791. The molecule has 1 fully saturated rings. The molecule has 2 N–H and O–H groups in total. The van der Waals surface area contributed by atoms with E-state index in [-0.39, 0.29) is 11.5 Å². The third-order valence-electron chi connectivity index (χ3n) is 3.72. The molecule has 2 rings (SSSR count). The fraction of sp³-hybridized carbons (Fsp3) is 0.714. The molecule has 0 aromatic carbocycles. The molecule has 0 radical (unpaired) electrons. The van der Waals surface area contributed by atoms with Gasteiger partial charge in [0, 0.05) is 18.5 Å². The third kappa shape index (κ3) is 4.06. The first kappa shape index (κ1) is 14.1. The third-order valence-corrected chi connectivity index (χ3v) is 3.72. The predicted octanol–water partition coefficient (Wildman–Crippen LogP) is 1.65. The second-order valence-electron chi connectivity index (χ2n) is 5.80.